The van der Waals surface area contributed by atoms with Gasteiger partial charge in [0.15, 0.2) is 0 Å². The van der Waals surface area contributed by atoms with Crippen LogP contribution in [-0.4, -0.2) is 10.8 Å². The normalized spacial score (nSPS) is 15.4. The van der Waals surface area contributed by atoms with Crippen molar-refractivity contribution in [1.82, 2.24) is 4.90 Å². The summed E-state index contributed by atoms with van der Waals surface area (Å²) in [7, 11) is 0. The lowest BCUT2D eigenvalue weighted by atomic mass is 10.0. The zero-order valence-corrected chi connectivity index (χ0v) is 13.0. The number of carbonyl (C=O) groups is 1. The van der Waals surface area contributed by atoms with Crippen LogP contribution >= 0.6 is 11.3 Å². The summed E-state index contributed by atoms with van der Waals surface area (Å²) in [5.41, 5.74) is 0. The smallest absolute Gasteiger partial charge is 0.223 e. The summed E-state index contributed by atoms with van der Waals surface area (Å²) in [4.78, 5) is 15.8. The molecule has 0 bridgehead atoms. The molecule has 1 fully saturated rings. The average molecular weight is 303 g/mol. The Labute approximate surface area is 129 Å². The van der Waals surface area contributed by atoms with Crippen molar-refractivity contribution >= 4 is 17.2 Å². The van der Waals surface area contributed by atoms with E-state index >= 15 is 0 Å². The highest BCUT2D eigenvalue weighted by atomic mass is 32.1. The minimum atomic E-state index is 0.256. The quantitative estimate of drug-likeness (QED) is 0.790. The molecular weight excluding hydrogens is 282 g/mol. The van der Waals surface area contributed by atoms with Gasteiger partial charge < -0.3 is 9.32 Å². The zero-order chi connectivity index (χ0) is 14.5. The zero-order valence-electron chi connectivity index (χ0n) is 12.2. The van der Waals surface area contributed by atoms with E-state index in [1.54, 1.807) is 17.6 Å². The van der Waals surface area contributed by atoms with Crippen molar-refractivity contribution in [3.8, 4) is 0 Å². The number of amides is 1. The van der Waals surface area contributed by atoms with E-state index < -0.39 is 0 Å². The molecule has 1 saturated carbocycles. The number of nitrogens with zero attached hydrogens (tertiary/aromatic N) is 1. The Hall–Kier alpha value is -1.55. The van der Waals surface area contributed by atoms with Crippen LogP contribution in [0.4, 0.5) is 0 Å². The van der Waals surface area contributed by atoms with Crippen LogP contribution in [0, 0.1) is 5.92 Å². The second kappa shape index (κ2) is 6.94. The van der Waals surface area contributed by atoms with E-state index in [1.165, 1.54) is 30.6 Å². The van der Waals surface area contributed by atoms with Crippen LogP contribution in [0.25, 0.3) is 0 Å². The second-order valence-corrected chi connectivity index (χ2v) is 6.80. The summed E-state index contributed by atoms with van der Waals surface area (Å²) < 4.78 is 5.41. The summed E-state index contributed by atoms with van der Waals surface area (Å²) >= 11 is 1.70. The van der Waals surface area contributed by atoms with E-state index in [0.29, 0.717) is 25.4 Å². The number of carbonyl (C=O) groups excluding carboxylic acids is 1. The summed E-state index contributed by atoms with van der Waals surface area (Å²) in [5, 5.41) is 2.06. The molecule has 21 heavy (non-hydrogen) atoms. The third-order valence-electron chi connectivity index (χ3n) is 4.14. The first-order valence-corrected chi connectivity index (χ1v) is 8.52. The molecule has 2 heterocycles. The van der Waals surface area contributed by atoms with Gasteiger partial charge in [-0.1, -0.05) is 18.9 Å². The van der Waals surface area contributed by atoms with Gasteiger partial charge in [-0.15, -0.1) is 11.3 Å². The number of hydrogen-bond acceptors (Lipinski definition) is 3. The van der Waals surface area contributed by atoms with Gasteiger partial charge in [0.2, 0.25) is 5.91 Å². The molecule has 0 aliphatic heterocycles. The number of furan rings is 1. The Kier molecular flexibility index (Phi) is 4.76. The largest absolute Gasteiger partial charge is 0.467 e. The number of rotatable bonds is 6. The molecule has 1 amide bonds. The molecule has 3 nitrogen and oxygen atoms in total. The molecular formula is C17H21NO2S. The molecule has 2 aromatic rings. The van der Waals surface area contributed by atoms with Crippen LogP contribution in [-0.2, 0) is 17.9 Å². The van der Waals surface area contributed by atoms with Gasteiger partial charge in [0.25, 0.3) is 0 Å². The summed E-state index contributed by atoms with van der Waals surface area (Å²) in [6, 6.07) is 7.93. The molecule has 0 aromatic carbocycles. The Morgan fingerprint density at radius 2 is 2.10 bits per heavy atom. The van der Waals surface area contributed by atoms with Crippen molar-refractivity contribution in [3.63, 3.8) is 0 Å². The van der Waals surface area contributed by atoms with E-state index in [9.17, 15) is 4.79 Å². The third-order valence-corrected chi connectivity index (χ3v) is 5.01. The third kappa shape index (κ3) is 3.97. The predicted molar refractivity (Wildman–Crippen MR) is 83.9 cm³/mol. The summed E-state index contributed by atoms with van der Waals surface area (Å²) in [5.74, 6) is 1.69. The highest BCUT2D eigenvalue weighted by Crippen LogP contribution is 2.28. The van der Waals surface area contributed by atoms with Crippen molar-refractivity contribution in [2.75, 3.05) is 0 Å². The molecule has 3 rings (SSSR count). The van der Waals surface area contributed by atoms with Crippen LogP contribution in [0.5, 0.6) is 0 Å². The average Bonchev–Trinajstić information content (AvgIpc) is 3.21. The monoisotopic (exact) mass is 303 g/mol. The molecule has 2 aromatic heterocycles. The van der Waals surface area contributed by atoms with Crippen molar-refractivity contribution in [2.24, 2.45) is 5.92 Å². The number of thiophene rings is 1. The maximum atomic E-state index is 12.6. The fourth-order valence-electron chi connectivity index (χ4n) is 3.00. The Bertz CT molecular complexity index is 505. The maximum Gasteiger partial charge on any atom is 0.223 e. The van der Waals surface area contributed by atoms with Crippen LogP contribution in [0.2, 0.25) is 0 Å². The first-order valence-electron chi connectivity index (χ1n) is 7.64. The highest BCUT2D eigenvalue weighted by molar-refractivity contribution is 7.09. The second-order valence-electron chi connectivity index (χ2n) is 5.76. The van der Waals surface area contributed by atoms with Gasteiger partial charge in [-0.25, -0.2) is 0 Å². The molecule has 0 radical (unpaired) electrons. The molecule has 0 unspecified atom stereocenters. The lowest BCUT2D eigenvalue weighted by Crippen LogP contribution is -2.30. The topological polar surface area (TPSA) is 33.5 Å². The Balaban J connectivity index is 1.66. The molecule has 0 N–H and O–H groups in total. The summed E-state index contributed by atoms with van der Waals surface area (Å²) in [6.07, 6.45) is 7.33. The van der Waals surface area contributed by atoms with E-state index in [1.807, 2.05) is 23.1 Å². The van der Waals surface area contributed by atoms with Crippen LogP contribution in [0.15, 0.2) is 40.3 Å². The van der Waals surface area contributed by atoms with Crippen molar-refractivity contribution in [3.05, 3.63) is 46.5 Å². The molecule has 4 heteroatoms. The minimum absolute atomic E-state index is 0.256. The fraction of sp³-hybridized carbons (Fsp3) is 0.471. The molecule has 112 valence electrons. The van der Waals surface area contributed by atoms with Gasteiger partial charge in [-0.3, -0.25) is 4.79 Å². The first-order chi connectivity index (χ1) is 10.3. The standard InChI is InChI=1S/C17H21NO2S/c19-17(11-14-5-1-2-6-14)18(12-15-7-3-9-20-15)13-16-8-4-10-21-16/h3-4,7-10,14H,1-2,5-6,11-13H2. The molecule has 1 aliphatic carbocycles. The summed E-state index contributed by atoms with van der Waals surface area (Å²) in [6.45, 7) is 1.25. The number of hydrogen-bond donors (Lipinski definition) is 0. The molecule has 0 saturated heterocycles. The van der Waals surface area contributed by atoms with E-state index in [0.717, 1.165) is 5.76 Å². The van der Waals surface area contributed by atoms with Gasteiger partial charge in [0.1, 0.15) is 5.76 Å². The molecule has 0 atom stereocenters. The van der Waals surface area contributed by atoms with E-state index in [-0.39, 0.29) is 5.91 Å². The van der Waals surface area contributed by atoms with Gasteiger partial charge >= 0.3 is 0 Å². The molecule has 1 aliphatic rings. The lowest BCUT2D eigenvalue weighted by molar-refractivity contribution is -0.133. The van der Waals surface area contributed by atoms with Gasteiger partial charge in [-0.05, 0) is 42.3 Å². The Morgan fingerprint density at radius 1 is 1.24 bits per heavy atom. The molecule has 0 spiro atoms. The van der Waals surface area contributed by atoms with Gasteiger partial charge in [-0.2, -0.15) is 0 Å². The Morgan fingerprint density at radius 3 is 2.76 bits per heavy atom. The van der Waals surface area contributed by atoms with Crippen LogP contribution in [0.3, 0.4) is 0 Å². The van der Waals surface area contributed by atoms with Crippen LogP contribution < -0.4 is 0 Å². The SMILES string of the molecule is O=C(CC1CCCC1)N(Cc1ccco1)Cc1cccs1. The van der Waals surface area contributed by atoms with Crippen molar-refractivity contribution in [2.45, 2.75) is 45.2 Å². The van der Waals surface area contributed by atoms with Gasteiger partial charge in [0.05, 0.1) is 19.4 Å². The van der Waals surface area contributed by atoms with Crippen LogP contribution in [0.1, 0.15) is 42.7 Å². The maximum absolute atomic E-state index is 12.6. The van der Waals surface area contributed by atoms with E-state index in [4.69, 9.17) is 4.42 Å². The predicted octanol–water partition coefficient (Wildman–Crippen LogP) is 4.45. The van der Waals surface area contributed by atoms with Gasteiger partial charge in [0, 0.05) is 11.3 Å². The highest BCUT2D eigenvalue weighted by Gasteiger charge is 2.23. The fourth-order valence-corrected chi connectivity index (χ4v) is 3.72. The van der Waals surface area contributed by atoms with E-state index in [2.05, 4.69) is 11.4 Å². The minimum Gasteiger partial charge on any atom is -0.467 e. The lowest BCUT2D eigenvalue weighted by Gasteiger charge is -2.22. The van der Waals surface area contributed by atoms with Crippen molar-refractivity contribution < 1.29 is 9.21 Å². The first kappa shape index (κ1) is 14.4. The van der Waals surface area contributed by atoms with Crippen molar-refractivity contribution in [1.29, 1.82) is 0 Å².